The molecule has 25 heavy (non-hydrogen) atoms. The standard InChI is InChI=1S/C16H17F3N2O4/c17-16(18,19)11-1-2-12(20-3-5-25-6-4-20)13(8-11)21-9-10(15(23)24)7-14(21)22/h1-2,8,10H,3-7,9H2,(H,23,24)/t10-/m1/s1. The van der Waals surface area contributed by atoms with Crippen LogP contribution in [0.3, 0.4) is 0 Å². The summed E-state index contributed by atoms with van der Waals surface area (Å²) < 4.78 is 44.6. The Kier molecular flexibility index (Phi) is 4.59. The molecule has 1 N–H and O–H groups in total. The second-order valence-electron chi connectivity index (χ2n) is 6.04. The molecule has 0 bridgehead atoms. The van der Waals surface area contributed by atoms with Crippen molar-refractivity contribution < 1.29 is 32.6 Å². The number of halogens is 3. The molecule has 2 fully saturated rings. The van der Waals surface area contributed by atoms with E-state index in [9.17, 15) is 22.8 Å². The molecule has 136 valence electrons. The Morgan fingerprint density at radius 3 is 2.44 bits per heavy atom. The van der Waals surface area contributed by atoms with Gasteiger partial charge in [-0.3, -0.25) is 9.59 Å². The number of morpholine rings is 1. The summed E-state index contributed by atoms with van der Waals surface area (Å²) in [5.41, 5.74) is -0.285. The van der Waals surface area contributed by atoms with Gasteiger partial charge in [0.1, 0.15) is 0 Å². The smallest absolute Gasteiger partial charge is 0.416 e. The first-order chi connectivity index (χ1) is 11.8. The Hall–Kier alpha value is -2.29. The van der Waals surface area contributed by atoms with Crippen molar-refractivity contribution in [2.45, 2.75) is 12.6 Å². The maximum absolute atomic E-state index is 13.1. The van der Waals surface area contributed by atoms with E-state index in [-0.39, 0.29) is 18.7 Å². The molecular weight excluding hydrogens is 341 g/mol. The van der Waals surface area contributed by atoms with Crippen molar-refractivity contribution in [3.8, 4) is 0 Å². The van der Waals surface area contributed by atoms with Crippen LogP contribution in [0.4, 0.5) is 24.5 Å². The summed E-state index contributed by atoms with van der Waals surface area (Å²) >= 11 is 0. The summed E-state index contributed by atoms with van der Waals surface area (Å²) in [6.45, 7) is 1.72. The lowest BCUT2D eigenvalue weighted by Gasteiger charge is -2.33. The van der Waals surface area contributed by atoms with Crippen molar-refractivity contribution in [3.05, 3.63) is 23.8 Å². The Morgan fingerprint density at radius 1 is 1.20 bits per heavy atom. The summed E-state index contributed by atoms with van der Waals surface area (Å²) in [6.07, 6.45) is -4.76. The normalized spacial score (nSPS) is 21.7. The van der Waals surface area contributed by atoms with Crippen LogP contribution < -0.4 is 9.80 Å². The van der Waals surface area contributed by atoms with E-state index in [1.165, 1.54) is 6.07 Å². The molecule has 0 aromatic heterocycles. The first-order valence-corrected chi connectivity index (χ1v) is 7.84. The lowest BCUT2D eigenvalue weighted by molar-refractivity contribution is -0.141. The van der Waals surface area contributed by atoms with E-state index in [1.54, 1.807) is 0 Å². The maximum atomic E-state index is 13.1. The molecule has 2 aliphatic heterocycles. The van der Waals surface area contributed by atoms with Crippen molar-refractivity contribution in [2.24, 2.45) is 5.92 Å². The van der Waals surface area contributed by atoms with Gasteiger partial charge in [0.15, 0.2) is 0 Å². The predicted octanol–water partition coefficient (Wildman–Crippen LogP) is 1.98. The maximum Gasteiger partial charge on any atom is 0.416 e. The highest BCUT2D eigenvalue weighted by Crippen LogP contribution is 2.39. The molecule has 1 amide bonds. The summed E-state index contributed by atoms with van der Waals surface area (Å²) in [6, 6.07) is 3.24. The fraction of sp³-hybridized carbons (Fsp3) is 0.500. The van der Waals surface area contributed by atoms with Crippen LogP contribution in [0.25, 0.3) is 0 Å². The highest BCUT2D eigenvalue weighted by Gasteiger charge is 2.38. The van der Waals surface area contributed by atoms with Crippen LogP contribution in [0.1, 0.15) is 12.0 Å². The van der Waals surface area contributed by atoms with Gasteiger partial charge in [-0.2, -0.15) is 13.2 Å². The van der Waals surface area contributed by atoms with Crippen molar-refractivity contribution in [1.82, 2.24) is 0 Å². The number of carboxylic acid groups (broad SMARTS) is 1. The highest BCUT2D eigenvalue weighted by molar-refractivity contribution is 6.01. The molecule has 0 saturated carbocycles. The van der Waals surface area contributed by atoms with Gasteiger partial charge in [-0.05, 0) is 18.2 Å². The molecule has 6 nitrogen and oxygen atoms in total. The van der Waals surface area contributed by atoms with E-state index in [0.717, 1.165) is 17.0 Å². The van der Waals surface area contributed by atoms with Gasteiger partial charge >= 0.3 is 12.1 Å². The minimum atomic E-state index is -4.55. The number of hydrogen-bond donors (Lipinski definition) is 1. The van der Waals surface area contributed by atoms with Crippen LogP contribution >= 0.6 is 0 Å². The molecular formula is C16H17F3N2O4. The SMILES string of the molecule is O=C(O)[C@@H]1CC(=O)N(c2cc(C(F)(F)F)ccc2N2CCOCC2)C1. The van der Waals surface area contributed by atoms with E-state index in [1.807, 2.05) is 4.90 Å². The van der Waals surface area contributed by atoms with E-state index >= 15 is 0 Å². The van der Waals surface area contributed by atoms with Crippen molar-refractivity contribution in [1.29, 1.82) is 0 Å². The van der Waals surface area contributed by atoms with Crippen LogP contribution in [0.15, 0.2) is 18.2 Å². The highest BCUT2D eigenvalue weighted by atomic mass is 19.4. The number of carboxylic acids is 1. The number of aliphatic carboxylic acids is 1. The molecule has 0 spiro atoms. The molecule has 0 radical (unpaired) electrons. The number of nitrogens with zero attached hydrogens (tertiary/aromatic N) is 2. The molecule has 1 atom stereocenters. The van der Waals surface area contributed by atoms with Crippen LogP contribution in [-0.4, -0.2) is 49.8 Å². The fourth-order valence-electron chi connectivity index (χ4n) is 3.09. The monoisotopic (exact) mass is 358 g/mol. The molecule has 9 heteroatoms. The van der Waals surface area contributed by atoms with E-state index in [4.69, 9.17) is 9.84 Å². The number of anilines is 2. The third kappa shape index (κ3) is 3.55. The molecule has 2 aliphatic rings. The number of carbonyl (C=O) groups is 2. The summed E-state index contributed by atoms with van der Waals surface area (Å²) in [7, 11) is 0. The Bertz CT molecular complexity index is 686. The van der Waals surface area contributed by atoms with Gasteiger partial charge in [-0.1, -0.05) is 0 Å². The lowest BCUT2D eigenvalue weighted by atomic mass is 10.1. The largest absolute Gasteiger partial charge is 0.481 e. The molecule has 1 aromatic rings. The quantitative estimate of drug-likeness (QED) is 0.895. The number of rotatable bonds is 3. The predicted molar refractivity (Wildman–Crippen MR) is 82.6 cm³/mol. The minimum Gasteiger partial charge on any atom is -0.481 e. The van der Waals surface area contributed by atoms with Crippen molar-refractivity contribution in [3.63, 3.8) is 0 Å². The van der Waals surface area contributed by atoms with Gasteiger partial charge in [0.2, 0.25) is 5.91 Å². The van der Waals surface area contributed by atoms with Gasteiger partial charge < -0.3 is 19.6 Å². The Morgan fingerprint density at radius 2 is 1.88 bits per heavy atom. The van der Waals surface area contributed by atoms with Gasteiger partial charge in [0.05, 0.1) is 36.1 Å². The fourth-order valence-corrected chi connectivity index (χ4v) is 3.09. The zero-order chi connectivity index (χ0) is 18.2. The number of benzene rings is 1. The molecule has 2 heterocycles. The number of alkyl halides is 3. The van der Waals surface area contributed by atoms with Crippen LogP contribution in [0, 0.1) is 5.92 Å². The molecule has 3 rings (SSSR count). The summed E-state index contributed by atoms with van der Waals surface area (Å²) in [5, 5.41) is 9.11. The van der Waals surface area contributed by atoms with E-state index < -0.39 is 29.5 Å². The zero-order valence-electron chi connectivity index (χ0n) is 13.3. The second kappa shape index (κ2) is 6.55. The molecule has 0 unspecified atom stereocenters. The Labute approximate surface area is 141 Å². The third-order valence-electron chi connectivity index (χ3n) is 4.42. The zero-order valence-corrected chi connectivity index (χ0v) is 13.3. The first kappa shape index (κ1) is 17.5. The number of amides is 1. The minimum absolute atomic E-state index is 0.102. The molecule has 0 aliphatic carbocycles. The molecule has 2 saturated heterocycles. The van der Waals surface area contributed by atoms with Gasteiger partial charge in [-0.15, -0.1) is 0 Å². The van der Waals surface area contributed by atoms with Crippen LogP contribution in [0.5, 0.6) is 0 Å². The first-order valence-electron chi connectivity index (χ1n) is 7.84. The second-order valence-corrected chi connectivity index (χ2v) is 6.04. The topological polar surface area (TPSA) is 70.1 Å². The van der Waals surface area contributed by atoms with Crippen LogP contribution in [-0.2, 0) is 20.5 Å². The van der Waals surface area contributed by atoms with Gasteiger partial charge in [0.25, 0.3) is 0 Å². The average molecular weight is 358 g/mol. The van der Waals surface area contributed by atoms with E-state index in [2.05, 4.69) is 0 Å². The van der Waals surface area contributed by atoms with Crippen molar-refractivity contribution in [2.75, 3.05) is 42.6 Å². The molecule has 1 aromatic carbocycles. The summed E-state index contributed by atoms with van der Waals surface area (Å²) in [4.78, 5) is 26.4. The lowest BCUT2D eigenvalue weighted by Crippen LogP contribution is -2.38. The van der Waals surface area contributed by atoms with Gasteiger partial charge in [-0.25, -0.2) is 0 Å². The van der Waals surface area contributed by atoms with Crippen LogP contribution in [0.2, 0.25) is 0 Å². The Balaban J connectivity index is 2.01. The van der Waals surface area contributed by atoms with Gasteiger partial charge in [0, 0.05) is 26.1 Å². The average Bonchev–Trinajstić information content (AvgIpc) is 2.96. The number of carbonyl (C=O) groups excluding carboxylic acids is 1. The summed E-state index contributed by atoms with van der Waals surface area (Å²) in [5.74, 6) is -2.53. The number of hydrogen-bond acceptors (Lipinski definition) is 4. The number of ether oxygens (including phenoxy) is 1. The van der Waals surface area contributed by atoms with E-state index in [0.29, 0.717) is 32.0 Å². The third-order valence-corrected chi connectivity index (χ3v) is 4.42. The van der Waals surface area contributed by atoms with Crippen molar-refractivity contribution >= 4 is 23.3 Å².